The van der Waals surface area contributed by atoms with Gasteiger partial charge in [0, 0.05) is 13.5 Å². The Labute approximate surface area is 116 Å². The van der Waals surface area contributed by atoms with Crippen molar-refractivity contribution in [3.63, 3.8) is 0 Å². The first-order valence-corrected chi connectivity index (χ1v) is 6.86. The average Bonchev–Trinajstić information content (AvgIpc) is 2.44. The molecule has 0 radical (unpaired) electrons. The molecule has 0 bridgehead atoms. The number of hydrogen-bond donors (Lipinski definition) is 1. The number of likely N-dealkylation sites (N-methyl/N-ethyl adjacent to an activating group) is 1. The van der Waals surface area contributed by atoms with Gasteiger partial charge in [0.15, 0.2) is 0 Å². The molecule has 1 aromatic rings. The van der Waals surface area contributed by atoms with E-state index in [2.05, 4.69) is 31.2 Å². The molecule has 1 aromatic carbocycles. The fraction of sp³-hybridized carbons (Fsp3) is 0.562. The van der Waals surface area contributed by atoms with Gasteiger partial charge in [0.2, 0.25) is 5.91 Å². The molecule has 1 rings (SSSR count). The Morgan fingerprint density at radius 2 is 1.74 bits per heavy atom. The smallest absolute Gasteiger partial charge is 0.223 e. The van der Waals surface area contributed by atoms with Gasteiger partial charge in [-0.1, -0.05) is 31.2 Å². The SMILES string of the molecule is CCc1ccc(CCC(=O)N(C)C(C)(C)CO)cc1. The molecule has 0 aliphatic heterocycles. The van der Waals surface area contributed by atoms with Crippen molar-refractivity contribution in [1.29, 1.82) is 0 Å². The summed E-state index contributed by atoms with van der Waals surface area (Å²) in [4.78, 5) is 13.7. The van der Waals surface area contributed by atoms with Crippen molar-refractivity contribution >= 4 is 5.91 Å². The maximum atomic E-state index is 12.1. The maximum Gasteiger partial charge on any atom is 0.223 e. The van der Waals surface area contributed by atoms with Crippen molar-refractivity contribution in [3.05, 3.63) is 35.4 Å². The predicted octanol–water partition coefficient (Wildman–Crippen LogP) is 2.41. The summed E-state index contributed by atoms with van der Waals surface area (Å²) >= 11 is 0. The highest BCUT2D eigenvalue weighted by molar-refractivity contribution is 5.77. The van der Waals surface area contributed by atoms with Crippen LogP contribution in [0.1, 0.15) is 38.3 Å². The lowest BCUT2D eigenvalue weighted by atomic mass is 10.0. The summed E-state index contributed by atoms with van der Waals surface area (Å²) in [5.74, 6) is 0.0682. The number of aliphatic hydroxyl groups is 1. The highest BCUT2D eigenvalue weighted by Gasteiger charge is 2.26. The lowest BCUT2D eigenvalue weighted by Crippen LogP contribution is -2.47. The molecule has 1 amide bonds. The van der Waals surface area contributed by atoms with Gasteiger partial charge in [0.1, 0.15) is 0 Å². The van der Waals surface area contributed by atoms with E-state index in [1.807, 2.05) is 13.8 Å². The summed E-state index contributed by atoms with van der Waals surface area (Å²) in [5, 5.41) is 9.26. The van der Waals surface area contributed by atoms with Crippen LogP contribution in [-0.2, 0) is 17.6 Å². The number of carbonyl (C=O) groups excluding carboxylic acids is 1. The van der Waals surface area contributed by atoms with Gasteiger partial charge in [-0.15, -0.1) is 0 Å². The predicted molar refractivity (Wildman–Crippen MR) is 78.1 cm³/mol. The molecule has 0 aliphatic rings. The monoisotopic (exact) mass is 263 g/mol. The van der Waals surface area contributed by atoms with E-state index in [1.165, 1.54) is 11.1 Å². The van der Waals surface area contributed by atoms with E-state index in [-0.39, 0.29) is 12.5 Å². The van der Waals surface area contributed by atoms with Crippen LogP contribution in [0, 0.1) is 0 Å². The van der Waals surface area contributed by atoms with Crippen LogP contribution < -0.4 is 0 Å². The summed E-state index contributed by atoms with van der Waals surface area (Å²) in [6, 6.07) is 8.40. The molecule has 0 atom stereocenters. The molecular weight excluding hydrogens is 238 g/mol. The third-order valence-corrected chi connectivity index (χ3v) is 3.73. The summed E-state index contributed by atoms with van der Waals surface area (Å²) in [5.41, 5.74) is 2.00. The molecule has 0 saturated carbocycles. The van der Waals surface area contributed by atoms with Crippen LogP contribution in [-0.4, -0.2) is 35.1 Å². The summed E-state index contributed by atoms with van der Waals surface area (Å²) < 4.78 is 0. The van der Waals surface area contributed by atoms with Crippen molar-refractivity contribution < 1.29 is 9.90 Å². The summed E-state index contributed by atoms with van der Waals surface area (Å²) in [6.07, 6.45) is 2.26. The quantitative estimate of drug-likeness (QED) is 0.856. The third kappa shape index (κ3) is 4.35. The normalized spacial score (nSPS) is 11.4. The number of amides is 1. The number of carbonyl (C=O) groups is 1. The van der Waals surface area contributed by atoms with Crippen LogP contribution in [0.5, 0.6) is 0 Å². The minimum atomic E-state index is -0.497. The molecular formula is C16H25NO2. The molecule has 0 unspecified atom stereocenters. The second-order valence-corrected chi connectivity index (χ2v) is 5.59. The number of hydrogen-bond acceptors (Lipinski definition) is 2. The van der Waals surface area contributed by atoms with Gasteiger partial charge in [-0.2, -0.15) is 0 Å². The Morgan fingerprint density at radius 3 is 2.21 bits per heavy atom. The summed E-state index contributed by atoms with van der Waals surface area (Å²) in [7, 11) is 1.75. The van der Waals surface area contributed by atoms with Crippen LogP contribution in [0.25, 0.3) is 0 Å². The minimum Gasteiger partial charge on any atom is -0.394 e. The first-order chi connectivity index (χ1) is 8.90. The number of rotatable bonds is 6. The Kier molecular flexibility index (Phi) is 5.55. The van der Waals surface area contributed by atoms with Gasteiger partial charge in [0.25, 0.3) is 0 Å². The largest absolute Gasteiger partial charge is 0.394 e. The number of benzene rings is 1. The van der Waals surface area contributed by atoms with Crippen LogP contribution >= 0.6 is 0 Å². The molecule has 3 nitrogen and oxygen atoms in total. The molecule has 0 aliphatic carbocycles. The van der Waals surface area contributed by atoms with E-state index in [4.69, 9.17) is 0 Å². The molecule has 19 heavy (non-hydrogen) atoms. The second kappa shape index (κ2) is 6.71. The highest BCUT2D eigenvalue weighted by Crippen LogP contribution is 2.14. The van der Waals surface area contributed by atoms with Gasteiger partial charge in [-0.05, 0) is 37.8 Å². The zero-order valence-electron chi connectivity index (χ0n) is 12.4. The van der Waals surface area contributed by atoms with Crippen molar-refractivity contribution in [2.75, 3.05) is 13.7 Å². The highest BCUT2D eigenvalue weighted by atomic mass is 16.3. The molecule has 3 heteroatoms. The van der Waals surface area contributed by atoms with E-state index < -0.39 is 5.54 Å². The zero-order valence-corrected chi connectivity index (χ0v) is 12.4. The molecule has 106 valence electrons. The molecule has 0 saturated heterocycles. The van der Waals surface area contributed by atoms with Crippen LogP contribution in [0.4, 0.5) is 0 Å². The zero-order chi connectivity index (χ0) is 14.5. The Morgan fingerprint density at radius 1 is 1.21 bits per heavy atom. The van der Waals surface area contributed by atoms with Crippen LogP contribution in [0.3, 0.4) is 0 Å². The Balaban J connectivity index is 2.54. The van der Waals surface area contributed by atoms with Crippen LogP contribution in [0.15, 0.2) is 24.3 Å². The van der Waals surface area contributed by atoms with Gasteiger partial charge in [-0.3, -0.25) is 4.79 Å². The van der Waals surface area contributed by atoms with E-state index in [9.17, 15) is 9.90 Å². The maximum absolute atomic E-state index is 12.1. The molecule has 1 N–H and O–H groups in total. The van der Waals surface area contributed by atoms with E-state index in [0.29, 0.717) is 6.42 Å². The Bertz CT molecular complexity index is 409. The number of aliphatic hydroxyl groups excluding tert-OH is 1. The van der Waals surface area contributed by atoms with Crippen LogP contribution in [0.2, 0.25) is 0 Å². The molecule has 0 heterocycles. The van der Waals surface area contributed by atoms with Gasteiger partial charge >= 0.3 is 0 Å². The fourth-order valence-corrected chi connectivity index (χ4v) is 1.80. The topological polar surface area (TPSA) is 40.5 Å². The molecule has 0 fully saturated rings. The van der Waals surface area contributed by atoms with Gasteiger partial charge in [0.05, 0.1) is 12.1 Å². The average molecular weight is 263 g/mol. The standard InChI is InChI=1S/C16H25NO2/c1-5-13-6-8-14(9-7-13)10-11-15(19)17(4)16(2,3)12-18/h6-9,18H,5,10-12H2,1-4H3. The second-order valence-electron chi connectivity index (χ2n) is 5.59. The van der Waals surface area contributed by atoms with Gasteiger partial charge < -0.3 is 10.0 Å². The lowest BCUT2D eigenvalue weighted by Gasteiger charge is -2.34. The first-order valence-electron chi connectivity index (χ1n) is 6.86. The minimum absolute atomic E-state index is 0.0273. The van der Waals surface area contributed by atoms with Gasteiger partial charge in [-0.25, -0.2) is 0 Å². The first kappa shape index (κ1) is 15.7. The van der Waals surface area contributed by atoms with E-state index in [1.54, 1.807) is 11.9 Å². The number of nitrogens with zero attached hydrogens (tertiary/aromatic N) is 1. The van der Waals surface area contributed by atoms with Crippen molar-refractivity contribution in [1.82, 2.24) is 4.90 Å². The van der Waals surface area contributed by atoms with E-state index in [0.717, 1.165) is 12.8 Å². The molecule has 0 aromatic heterocycles. The fourth-order valence-electron chi connectivity index (χ4n) is 1.80. The van der Waals surface area contributed by atoms with Crippen molar-refractivity contribution in [2.45, 2.75) is 45.6 Å². The van der Waals surface area contributed by atoms with Crippen molar-refractivity contribution in [3.8, 4) is 0 Å². The summed E-state index contributed by atoms with van der Waals surface area (Å²) in [6.45, 7) is 5.83. The number of aryl methyl sites for hydroxylation is 2. The Hall–Kier alpha value is -1.35. The lowest BCUT2D eigenvalue weighted by molar-refractivity contribution is -0.135. The van der Waals surface area contributed by atoms with Crippen molar-refractivity contribution in [2.24, 2.45) is 0 Å². The molecule has 0 spiro atoms. The third-order valence-electron chi connectivity index (χ3n) is 3.73. The van der Waals surface area contributed by atoms with E-state index >= 15 is 0 Å².